The second-order valence-electron chi connectivity index (χ2n) is 5.91. The van der Waals surface area contributed by atoms with E-state index in [2.05, 4.69) is 10.6 Å². The molecule has 0 radical (unpaired) electrons. The van der Waals surface area contributed by atoms with E-state index < -0.39 is 11.4 Å². The number of rotatable bonds is 7. The van der Waals surface area contributed by atoms with Crippen molar-refractivity contribution in [1.29, 1.82) is 0 Å². The third-order valence-electron chi connectivity index (χ3n) is 4.13. The minimum atomic E-state index is -0.889. The molecular formula is C14H22N2O4. The maximum atomic E-state index is 11.8. The lowest BCUT2D eigenvalue weighted by Crippen LogP contribution is -2.37. The number of aliphatic carboxylic acids is 1. The van der Waals surface area contributed by atoms with Crippen molar-refractivity contribution in [2.24, 2.45) is 5.41 Å². The van der Waals surface area contributed by atoms with Gasteiger partial charge in [-0.05, 0) is 25.7 Å². The fourth-order valence-corrected chi connectivity index (χ4v) is 2.73. The second kappa shape index (κ2) is 6.24. The van der Waals surface area contributed by atoms with E-state index in [0.717, 1.165) is 25.7 Å². The van der Waals surface area contributed by atoms with E-state index in [1.54, 1.807) is 0 Å². The number of hydrogen-bond acceptors (Lipinski definition) is 3. The molecule has 2 saturated carbocycles. The molecule has 0 aromatic carbocycles. The van der Waals surface area contributed by atoms with E-state index in [1.165, 1.54) is 0 Å². The standard InChI is InChI=1S/C14H22N2O4/c17-11(16-10-3-4-10)5-8-15-12(18)9-14(13(19)20)6-1-2-7-14/h10H,1-9H2,(H,15,18)(H,16,17)(H,19,20). The van der Waals surface area contributed by atoms with Crippen LogP contribution in [-0.4, -0.2) is 35.5 Å². The lowest BCUT2D eigenvalue weighted by atomic mass is 9.82. The van der Waals surface area contributed by atoms with Crippen LogP contribution in [0.25, 0.3) is 0 Å². The van der Waals surface area contributed by atoms with Crippen molar-refractivity contribution >= 4 is 17.8 Å². The average Bonchev–Trinajstić information content (AvgIpc) is 3.05. The highest BCUT2D eigenvalue weighted by atomic mass is 16.4. The number of carbonyl (C=O) groups excluding carboxylic acids is 2. The Morgan fingerprint density at radius 2 is 1.75 bits per heavy atom. The van der Waals surface area contributed by atoms with Crippen LogP contribution in [0.4, 0.5) is 0 Å². The van der Waals surface area contributed by atoms with Crippen molar-refractivity contribution in [2.75, 3.05) is 6.54 Å². The van der Waals surface area contributed by atoms with E-state index >= 15 is 0 Å². The Balaban J connectivity index is 1.68. The molecule has 2 fully saturated rings. The summed E-state index contributed by atoms with van der Waals surface area (Å²) in [6.07, 6.45) is 5.22. The molecule has 2 aliphatic carbocycles. The molecule has 0 atom stereocenters. The third kappa shape index (κ3) is 3.95. The van der Waals surface area contributed by atoms with Gasteiger partial charge in [0.05, 0.1) is 5.41 Å². The van der Waals surface area contributed by atoms with Gasteiger partial charge in [-0.2, -0.15) is 0 Å². The molecule has 6 nitrogen and oxygen atoms in total. The van der Waals surface area contributed by atoms with Crippen molar-refractivity contribution in [3.05, 3.63) is 0 Å². The molecule has 0 bridgehead atoms. The zero-order valence-electron chi connectivity index (χ0n) is 11.6. The van der Waals surface area contributed by atoms with Crippen molar-refractivity contribution in [3.63, 3.8) is 0 Å². The van der Waals surface area contributed by atoms with E-state index in [-0.39, 0.29) is 31.2 Å². The van der Waals surface area contributed by atoms with Gasteiger partial charge < -0.3 is 15.7 Å². The molecule has 0 aromatic heterocycles. The van der Waals surface area contributed by atoms with Gasteiger partial charge in [0, 0.05) is 25.4 Å². The van der Waals surface area contributed by atoms with Crippen LogP contribution in [0.2, 0.25) is 0 Å². The van der Waals surface area contributed by atoms with E-state index in [4.69, 9.17) is 0 Å². The van der Waals surface area contributed by atoms with Gasteiger partial charge in [0.15, 0.2) is 0 Å². The normalized spacial score (nSPS) is 20.4. The first-order valence-corrected chi connectivity index (χ1v) is 7.31. The molecule has 3 N–H and O–H groups in total. The molecule has 0 aromatic rings. The zero-order chi connectivity index (χ0) is 14.6. The second-order valence-corrected chi connectivity index (χ2v) is 5.91. The van der Waals surface area contributed by atoms with E-state index in [9.17, 15) is 19.5 Å². The van der Waals surface area contributed by atoms with Crippen LogP contribution < -0.4 is 10.6 Å². The smallest absolute Gasteiger partial charge is 0.310 e. The Hall–Kier alpha value is -1.59. The first kappa shape index (κ1) is 14.8. The van der Waals surface area contributed by atoms with Crippen LogP contribution in [0.3, 0.4) is 0 Å². The van der Waals surface area contributed by atoms with Gasteiger partial charge in [-0.25, -0.2) is 0 Å². The molecule has 2 amide bonds. The summed E-state index contributed by atoms with van der Waals surface area (Å²) in [5.41, 5.74) is -0.889. The highest BCUT2D eigenvalue weighted by Gasteiger charge is 2.42. The molecule has 0 unspecified atom stereocenters. The summed E-state index contributed by atoms with van der Waals surface area (Å²) < 4.78 is 0. The highest BCUT2D eigenvalue weighted by molar-refractivity contribution is 5.85. The van der Waals surface area contributed by atoms with Crippen molar-refractivity contribution in [1.82, 2.24) is 10.6 Å². The molecule has 2 rings (SSSR count). The summed E-state index contributed by atoms with van der Waals surface area (Å²) in [6, 6.07) is 0.326. The number of carboxylic acids is 1. The SMILES string of the molecule is O=C(CC1(C(=O)O)CCCC1)NCCC(=O)NC1CC1. The first-order chi connectivity index (χ1) is 9.52. The maximum absolute atomic E-state index is 11.8. The van der Waals surface area contributed by atoms with E-state index in [0.29, 0.717) is 18.9 Å². The van der Waals surface area contributed by atoms with Gasteiger partial charge in [0.25, 0.3) is 0 Å². The van der Waals surface area contributed by atoms with E-state index in [1.807, 2.05) is 0 Å². The fourth-order valence-electron chi connectivity index (χ4n) is 2.73. The van der Waals surface area contributed by atoms with Crippen LogP contribution in [0.15, 0.2) is 0 Å². The van der Waals surface area contributed by atoms with Crippen molar-refractivity contribution in [3.8, 4) is 0 Å². The van der Waals surface area contributed by atoms with Crippen molar-refractivity contribution in [2.45, 2.75) is 57.4 Å². The predicted molar refractivity (Wildman–Crippen MR) is 71.9 cm³/mol. The summed E-state index contributed by atoms with van der Waals surface area (Å²) in [6.45, 7) is 0.271. The van der Waals surface area contributed by atoms with Gasteiger partial charge in [0.1, 0.15) is 0 Å². The summed E-state index contributed by atoms with van der Waals surface area (Å²) in [7, 11) is 0. The monoisotopic (exact) mass is 282 g/mol. The molecule has 0 aliphatic heterocycles. The Kier molecular flexibility index (Phi) is 4.62. The Bertz CT molecular complexity index is 398. The first-order valence-electron chi connectivity index (χ1n) is 7.31. The minimum absolute atomic E-state index is 0.0204. The molecule has 0 spiro atoms. The molecule has 6 heteroatoms. The maximum Gasteiger partial charge on any atom is 0.310 e. The number of nitrogens with one attached hydrogen (secondary N) is 2. The highest BCUT2D eigenvalue weighted by Crippen LogP contribution is 2.41. The molecule has 112 valence electrons. The Morgan fingerprint density at radius 1 is 1.10 bits per heavy atom. The van der Waals surface area contributed by atoms with Gasteiger partial charge in [-0.1, -0.05) is 12.8 Å². The molecule has 0 saturated heterocycles. The van der Waals surface area contributed by atoms with Crippen LogP contribution >= 0.6 is 0 Å². The largest absolute Gasteiger partial charge is 0.481 e. The lowest BCUT2D eigenvalue weighted by Gasteiger charge is -2.22. The van der Waals surface area contributed by atoms with Gasteiger partial charge >= 0.3 is 5.97 Å². The van der Waals surface area contributed by atoms with Crippen molar-refractivity contribution < 1.29 is 19.5 Å². The predicted octanol–water partition coefficient (Wildman–Crippen LogP) is 0.806. The van der Waals surface area contributed by atoms with Crippen LogP contribution in [0.5, 0.6) is 0 Å². The summed E-state index contributed by atoms with van der Waals surface area (Å²) in [5.74, 6) is -1.20. The van der Waals surface area contributed by atoms with Crippen LogP contribution in [0.1, 0.15) is 51.4 Å². The lowest BCUT2D eigenvalue weighted by molar-refractivity contribution is -0.151. The topological polar surface area (TPSA) is 95.5 Å². The fraction of sp³-hybridized carbons (Fsp3) is 0.786. The molecular weight excluding hydrogens is 260 g/mol. The van der Waals surface area contributed by atoms with Crippen LogP contribution in [0, 0.1) is 5.41 Å². The number of hydrogen-bond donors (Lipinski definition) is 3. The summed E-state index contributed by atoms with van der Waals surface area (Å²) >= 11 is 0. The quantitative estimate of drug-likeness (QED) is 0.644. The Morgan fingerprint density at radius 3 is 2.30 bits per heavy atom. The van der Waals surface area contributed by atoms with Gasteiger partial charge in [-0.15, -0.1) is 0 Å². The molecule has 2 aliphatic rings. The van der Waals surface area contributed by atoms with Crippen LogP contribution in [-0.2, 0) is 14.4 Å². The number of carbonyl (C=O) groups is 3. The summed E-state index contributed by atoms with van der Waals surface area (Å²) in [5, 5.41) is 14.8. The molecule has 0 heterocycles. The van der Waals surface area contributed by atoms with Gasteiger partial charge in [-0.3, -0.25) is 14.4 Å². The number of amides is 2. The number of carboxylic acid groups (broad SMARTS) is 1. The third-order valence-corrected chi connectivity index (χ3v) is 4.13. The average molecular weight is 282 g/mol. The molecule has 20 heavy (non-hydrogen) atoms. The summed E-state index contributed by atoms with van der Waals surface area (Å²) in [4.78, 5) is 34.6. The Labute approximate surface area is 118 Å². The van der Waals surface area contributed by atoms with Gasteiger partial charge in [0.2, 0.25) is 11.8 Å². The zero-order valence-corrected chi connectivity index (χ0v) is 11.6. The minimum Gasteiger partial charge on any atom is -0.481 e.